The Labute approximate surface area is 117 Å². The Morgan fingerprint density at radius 3 is 2.50 bits per heavy atom. The molecule has 1 nitrogen and oxygen atoms in total. The Balaban J connectivity index is 2.26. The van der Waals surface area contributed by atoms with E-state index in [-0.39, 0.29) is 0 Å². The number of hydrogen-bond acceptors (Lipinski definition) is 1. The van der Waals surface area contributed by atoms with Crippen molar-refractivity contribution >= 4 is 11.8 Å². The lowest BCUT2D eigenvalue weighted by Gasteiger charge is -2.21. The van der Waals surface area contributed by atoms with Crippen LogP contribution in [0.3, 0.4) is 0 Å². The van der Waals surface area contributed by atoms with E-state index in [0.29, 0.717) is 6.04 Å². The van der Waals surface area contributed by atoms with Gasteiger partial charge in [0.2, 0.25) is 0 Å². The third-order valence-corrected chi connectivity index (χ3v) is 3.48. The molecule has 1 rings (SSSR count). The summed E-state index contributed by atoms with van der Waals surface area (Å²) in [5.41, 5.74) is 1.26. The zero-order chi connectivity index (χ0) is 13.2. The van der Waals surface area contributed by atoms with Crippen molar-refractivity contribution in [3.63, 3.8) is 0 Å². The molecule has 0 bridgehead atoms. The molecular weight excluding hydrogens is 242 g/mol. The van der Waals surface area contributed by atoms with Gasteiger partial charge in [0.05, 0.1) is 0 Å². The molecule has 0 aliphatic carbocycles. The molecule has 0 heterocycles. The summed E-state index contributed by atoms with van der Waals surface area (Å²) in [5, 5.41) is 0. The standard InChI is InChI=1S/C16H24ClN/c1-3-4-5-6-8-11-15(2)18(17)14-16-12-9-7-10-13-16/h5-7,9-10,12-13,15H,3-4,8,11,14H2,1-2H3/b6-5+. The van der Waals surface area contributed by atoms with Crippen molar-refractivity contribution in [3.05, 3.63) is 48.0 Å². The van der Waals surface area contributed by atoms with Crippen molar-refractivity contribution in [2.45, 2.75) is 52.1 Å². The zero-order valence-electron chi connectivity index (χ0n) is 11.5. The van der Waals surface area contributed by atoms with Gasteiger partial charge in [0.1, 0.15) is 0 Å². The maximum absolute atomic E-state index is 6.32. The average Bonchev–Trinajstić information content (AvgIpc) is 2.39. The van der Waals surface area contributed by atoms with Crippen molar-refractivity contribution in [2.24, 2.45) is 0 Å². The third-order valence-electron chi connectivity index (χ3n) is 3.03. The largest absolute Gasteiger partial charge is 0.213 e. The van der Waals surface area contributed by atoms with Gasteiger partial charge in [-0.2, -0.15) is 0 Å². The molecule has 18 heavy (non-hydrogen) atoms. The minimum absolute atomic E-state index is 0.401. The first-order valence-corrected chi connectivity index (χ1v) is 7.19. The van der Waals surface area contributed by atoms with Crippen LogP contribution in [0.25, 0.3) is 0 Å². The fourth-order valence-electron chi connectivity index (χ4n) is 1.79. The molecule has 0 aromatic heterocycles. The van der Waals surface area contributed by atoms with Gasteiger partial charge in [0, 0.05) is 12.6 Å². The highest BCUT2D eigenvalue weighted by Crippen LogP contribution is 2.14. The Morgan fingerprint density at radius 2 is 1.83 bits per heavy atom. The van der Waals surface area contributed by atoms with Gasteiger partial charge < -0.3 is 0 Å². The molecule has 1 atom stereocenters. The van der Waals surface area contributed by atoms with E-state index in [9.17, 15) is 0 Å². The molecule has 0 N–H and O–H groups in total. The summed E-state index contributed by atoms with van der Waals surface area (Å²) in [6.45, 7) is 5.19. The van der Waals surface area contributed by atoms with E-state index < -0.39 is 0 Å². The minimum atomic E-state index is 0.401. The van der Waals surface area contributed by atoms with Crippen LogP contribution >= 0.6 is 11.8 Å². The van der Waals surface area contributed by atoms with Crippen LogP contribution in [0.4, 0.5) is 0 Å². The molecule has 0 saturated heterocycles. The lowest BCUT2D eigenvalue weighted by molar-refractivity contribution is 0.337. The van der Waals surface area contributed by atoms with E-state index in [1.54, 1.807) is 0 Å². The smallest absolute Gasteiger partial charge is 0.0392 e. The molecule has 1 unspecified atom stereocenters. The quantitative estimate of drug-likeness (QED) is 0.463. The van der Waals surface area contributed by atoms with Crippen LogP contribution in [0.2, 0.25) is 0 Å². The van der Waals surface area contributed by atoms with Crippen molar-refractivity contribution in [1.82, 2.24) is 4.42 Å². The average molecular weight is 266 g/mol. The lowest BCUT2D eigenvalue weighted by Crippen LogP contribution is -2.23. The maximum atomic E-state index is 6.32. The molecule has 0 fully saturated rings. The van der Waals surface area contributed by atoms with Crippen molar-refractivity contribution in [2.75, 3.05) is 0 Å². The van der Waals surface area contributed by atoms with E-state index in [1.165, 1.54) is 18.4 Å². The van der Waals surface area contributed by atoms with Gasteiger partial charge in [-0.3, -0.25) is 0 Å². The highest BCUT2D eigenvalue weighted by atomic mass is 35.5. The Bertz CT molecular complexity index is 334. The van der Waals surface area contributed by atoms with Crippen LogP contribution in [-0.2, 0) is 6.54 Å². The summed E-state index contributed by atoms with van der Waals surface area (Å²) in [6, 6.07) is 10.8. The third kappa shape index (κ3) is 6.23. The summed E-state index contributed by atoms with van der Waals surface area (Å²) in [7, 11) is 0. The van der Waals surface area contributed by atoms with E-state index in [0.717, 1.165) is 19.4 Å². The van der Waals surface area contributed by atoms with Gasteiger partial charge in [-0.25, -0.2) is 4.42 Å². The molecular formula is C16H24ClN. The number of nitrogens with zero attached hydrogens (tertiary/aromatic N) is 1. The van der Waals surface area contributed by atoms with Crippen LogP contribution in [0, 0.1) is 0 Å². The predicted molar refractivity (Wildman–Crippen MR) is 80.6 cm³/mol. The minimum Gasteiger partial charge on any atom is -0.213 e. The Hall–Kier alpha value is -0.790. The van der Waals surface area contributed by atoms with Crippen LogP contribution in [0.15, 0.2) is 42.5 Å². The highest BCUT2D eigenvalue weighted by Gasteiger charge is 2.10. The molecule has 0 spiro atoms. The second-order valence-electron chi connectivity index (χ2n) is 4.73. The first-order valence-electron chi connectivity index (χ1n) is 6.85. The van der Waals surface area contributed by atoms with Crippen molar-refractivity contribution in [3.8, 4) is 0 Å². The molecule has 1 aromatic rings. The monoisotopic (exact) mass is 265 g/mol. The van der Waals surface area contributed by atoms with Crippen LogP contribution in [-0.4, -0.2) is 10.5 Å². The maximum Gasteiger partial charge on any atom is 0.0392 e. The first kappa shape index (κ1) is 15.3. The van der Waals surface area contributed by atoms with E-state index in [1.807, 2.05) is 10.5 Å². The summed E-state index contributed by atoms with van der Waals surface area (Å²) in [4.78, 5) is 0. The zero-order valence-corrected chi connectivity index (χ0v) is 12.2. The normalized spacial score (nSPS) is 13.3. The van der Waals surface area contributed by atoms with Crippen LogP contribution < -0.4 is 0 Å². The molecule has 100 valence electrons. The topological polar surface area (TPSA) is 3.24 Å². The van der Waals surface area contributed by atoms with Gasteiger partial charge in [0.25, 0.3) is 0 Å². The number of halogens is 1. The summed E-state index contributed by atoms with van der Waals surface area (Å²) < 4.78 is 1.91. The molecule has 0 aliphatic rings. The summed E-state index contributed by atoms with van der Waals surface area (Å²) in [6.07, 6.45) is 9.16. The van der Waals surface area contributed by atoms with Gasteiger partial charge in [-0.05, 0) is 43.5 Å². The van der Waals surface area contributed by atoms with E-state index in [4.69, 9.17) is 11.8 Å². The molecule has 2 heteroatoms. The number of unbranched alkanes of at least 4 members (excludes halogenated alkanes) is 1. The fourth-order valence-corrected chi connectivity index (χ4v) is 2.03. The molecule has 0 radical (unpaired) electrons. The van der Waals surface area contributed by atoms with E-state index in [2.05, 4.69) is 50.3 Å². The van der Waals surface area contributed by atoms with Crippen LogP contribution in [0.5, 0.6) is 0 Å². The fraction of sp³-hybridized carbons (Fsp3) is 0.500. The second-order valence-corrected chi connectivity index (χ2v) is 5.16. The predicted octanol–water partition coefficient (Wildman–Crippen LogP) is 5.17. The van der Waals surface area contributed by atoms with Gasteiger partial charge in [-0.15, -0.1) is 0 Å². The summed E-state index contributed by atoms with van der Waals surface area (Å²) in [5.74, 6) is 0. The molecule has 0 saturated carbocycles. The number of allylic oxidation sites excluding steroid dienone is 2. The Kier molecular flexibility index (Phi) is 7.79. The molecule has 0 aliphatic heterocycles. The first-order chi connectivity index (χ1) is 8.74. The Morgan fingerprint density at radius 1 is 1.17 bits per heavy atom. The van der Waals surface area contributed by atoms with Crippen LogP contribution in [0.1, 0.15) is 45.1 Å². The van der Waals surface area contributed by atoms with Gasteiger partial charge >= 0.3 is 0 Å². The molecule has 0 amide bonds. The number of benzene rings is 1. The SMILES string of the molecule is CCC/C=C/CCC(C)N(Cl)Cc1ccccc1. The summed E-state index contributed by atoms with van der Waals surface area (Å²) >= 11 is 6.32. The lowest BCUT2D eigenvalue weighted by atomic mass is 10.1. The second kappa shape index (κ2) is 9.18. The van der Waals surface area contributed by atoms with Gasteiger partial charge in [0.15, 0.2) is 0 Å². The van der Waals surface area contributed by atoms with Crippen molar-refractivity contribution in [1.29, 1.82) is 0 Å². The van der Waals surface area contributed by atoms with Gasteiger partial charge in [-0.1, -0.05) is 55.8 Å². The van der Waals surface area contributed by atoms with E-state index >= 15 is 0 Å². The number of rotatable bonds is 8. The van der Waals surface area contributed by atoms with Crippen molar-refractivity contribution < 1.29 is 0 Å². The molecule has 1 aromatic carbocycles. The number of hydrogen-bond donors (Lipinski definition) is 0. The highest BCUT2D eigenvalue weighted by molar-refractivity contribution is 6.13.